The predicted octanol–water partition coefficient (Wildman–Crippen LogP) is 3.26. The molecule has 32 heavy (non-hydrogen) atoms. The highest BCUT2D eigenvalue weighted by Gasteiger charge is 2.32. The lowest BCUT2D eigenvalue weighted by Gasteiger charge is -2.28. The van der Waals surface area contributed by atoms with Crippen molar-refractivity contribution >= 4 is 17.7 Å². The first-order valence-electron chi connectivity index (χ1n) is 12.1. The van der Waals surface area contributed by atoms with Crippen molar-refractivity contribution in [1.29, 1.82) is 0 Å². The summed E-state index contributed by atoms with van der Waals surface area (Å²) in [5.41, 5.74) is 0.661. The molecule has 0 aliphatic heterocycles. The first kappa shape index (κ1) is 24.2. The van der Waals surface area contributed by atoms with Crippen LogP contribution in [0.5, 0.6) is 0 Å². The average Bonchev–Trinajstić information content (AvgIpc) is 2.71. The van der Waals surface area contributed by atoms with Crippen molar-refractivity contribution in [3.63, 3.8) is 0 Å². The van der Waals surface area contributed by atoms with Crippen LogP contribution < -0.4 is 16.2 Å². The van der Waals surface area contributed by atoms with Gasteiger partial charge in [0.1, 0.15) is 11.1 Å². The van der Waals surface area contributed by atoms with Crippen molar-refractivity contribution in [2.45, 2.75) is 103 Å². The molecule has 0 unspecified atom stereocenters. The van der Waals surface area contributed by atoms with E-state index in [2.05, 4.69) is 10.6 Å². The molecule has 0 saturated heterocycles. The molecule has 7 nitrogen and oxygen atoms in total. The molecule has 3 rings (SSSR count). The molecule has 0 radical (unpaired) electrons. The summed E-state index contributed by atoms with van der Waals surface area (Å²) < 4.78 is 1.87. The summed E-state index contributed by atoms with van der Waals surface area (Å²) in [6.45, 7) is 4.96. The molecule has 1 heterocycles. The Kier molecular flexibility index (Phi) is 7.91. The van der Waals surface area contributed by atoms with Gasteiger partial charge in [0.25, 0.3) is 17.4 Å². The van der Waals surface area contributed by atoms with Gasteiger partial charge in [-0.3, -0.25) is 24.5 Å². The van der Waals surface area contributed by atoms with Crippen LogP contribution in [-0.4, -0.2) is 27.8 Å². The van der Waals surface area contributed by atoms with Gasteiger partial charge >= 0.3 is 0 Å². The maximum atomic E-state index is 13.5. The third-order valence-electron chi connectivity index (χ3n) is 6.79. The average molecular weight is 444 g/mol. The van der Waals surface area contributed by atoms with E-state index in [1.807, 2.05) is 4.57 Å². The topological polar surface area (TPSA) is 97.3 Å². The Bertz CT molecular complexity index is 926. The van der Waals surface area contributed by atoms with Crippen LogP contribution in [0.3, 0.4) is 0 Å². The van der Waals surface area contributed by atoms with E-state index >= 15 is 0 Å². The fraction of sp³-hybridized carbons (Fsp3) is 0.680. The summed E-state index contributed by atoms with van der Waals surface area (Å²) in [6.07, 6.45) is 12.0. The van der Waals surface area contributed by atoms with Gasteiger partial charge < -0.3 is 9.88 Å². The quantitative estimate of drug-likeness (QED) is 0.730. The molecule has 1 saturated carbocycles. The van der Waals surface area contributed by atoms with E-state index < -0.39 is 23.3 Å². The highest BCUT2D eigenvalue weighted by molar-refractivity contribution is 6.03. The number of nitrogens with one attached hydrogen (secondary N) is 2. The summed E-state index contributed by atoms with van der Waals surface area (Å²) >= 11 is 0. The Hall–Kier alpha value is -2.44. The second kappa shape index (κ2) is 10.5. The van der Waals surface area contributed by atoms with E-state index in [1.165, 1.54) is 46.5 Å². The fourth-order valence-corrected chi connectivity index (χ4v) is 4.94. The van der Waals surface area contributed by atoms with Crippen LogP contribution in [0.25, 0.3) is 0 Å². The molecule has 2 aliphatic carbocycles. The van der Waals surface area contributed by atoms with Gasteiger partial charge in [0.2, 0.25) is 5.91 Å². The van der Waals surface area contributed by atoms with Gasteiger partial charge in [-0.05, 0) is 69.9 Å². The van der Waals surface area contributed by atoms with Crippen LogP contribution in [0, 0.1) is 5.92 Å². The second-order valence-corrected chi connectivity index (χ2v) is 9.95. The van der Waals surface area contributed by atoms with E-state index in [4.69, 9.17) is 0 Å². The van der Waals surface area contributed by atoms with Crippen LogP contribution in [0.15, 0.2) is 10.9 Å². The normalized spacial score (nSPS) is 17.6. The number of amides is 3. The summed E-state index contributed by atoms with van der Waals surface area (Å²) in [6, 6.07) is 1.74. The molecule has 2 N–H and O–H groups in total. The van der Waals surface area contributed by atoms with E-state index in [0.717, 1.165) is 56.2 Å². The first-order valence-corrected chi connectivity index (χ1v) is 12.1. The van der Waals surface area contributed by atoms with Crippen molar-refractivity contribution in [3.05, 3.63) is 33.2 Å². The summed E-state index contributed by atoms with van der Waals surface area (Å²) in [4.78, 5) is 50.3. The molecule has 7 heteroatoms. The van der Waals surface area contributed by atoms with Crippen LogP contribution in [0.1, 0.15) is 100 Å². The third kappa shape index (κ3) is 5.87. The molecule has 0 aromatic carbocycles. The molecule has 0 spiro atoms. The minimum atomic E-state index is -1.33. The zero-order chi connectivity index (χ0) is 23.3. The van der Waals surface area contributed by atoms with Crippen LogP contribution >= 0.6 is 0 Å². The minimum Gasteiger partial charge on any atom is -0.338 e. The van der Waals surface area contributed by atoms with Crippen molar-refractivity contribution < 1.29 is 14.4 Å². The molecular formula is C25H37N3O4. The van der Waals surface area contributed by atoms with Crippen molar-refractivity contribution in [2.24, 2.45) is 5.92 Å². The number of hydrogen-bond acceptors (Lipinski definition) is 4. The van der Waals surface area contributed by atoms with E-state index in [1.54, 1.807) is 6.07 Å². The number of imide groups is 1. The zero-order valence-electron chi connectivity index (χ0n) is 19.7. The van der Waals surface area contributed by atoms with E-state index in [-0.39, 0.29) is 11.1 Å². The third-order valence-corrected chi connectivity index (χ3v) is 6.79. The monoisotopic (exact) mass is 443 g/mol. The van der Waals surface area contributed by atoms with Gasteiger partial charge in [-0.15, -0.1) is 0 Å². The number of carbonyl (C=O) groups is 3. The smallest absolute Gasteiger partial charge is 0.263 e. The second-order valence-electron chi connectivity index (χ2n) is 9.95. The zero-order valence-corrected chi connectivity index (χ0v) is 19.7. The highest BCUT2D eigenvalue weighted by Crippen LogP contribution is 2.27. The minimum absolute atomic E-state index is 0.0869. The van der Waals surface area contributed by atoms with Gasteiger partial charge in [-0.25, -0.2) is 0 Å². The predicted molar refractivity (Wildman–Crippen MR) is 124 cm³/mol. The Morgan fingerprint density at radius 3 is 2.28 bits per heavy atom. The number of carbonyl (C=O) groups excluding carboxylic acids is 3. The largest absolute Gasteiger partial charge is 0.338 e. The Labute approximate surface area is 190 Å². The van der Waals surface area contributed by atoms with E-state index in [9.17, 15) is 19.2 Å². The number of aryl methyl sites for hydroxylation is 1. The van der Waals surface area contributed by atoms with Crippen molar-refractivity contribution in [2.75, 3.05) is 0 Å². The van der Waals surface area contributed by atoms with Crippen molar-refractivity contribution in [3.8, 4) is 0 Å². The number of aromatic nitrogens is 1. The number of fused-ring (bicyclic) bond motifs is 1. The first-order chi connectivity index (χ1) is 15.2. The molecular weight excluding hydrogens is 406 g/mol. The van der Waals surface area contributed by atoms with Gasteiger partial charge in [-0.2, -0.15) is 0 Å². The summed E-state index contributed by atoms with van der Waals surface area (Å²) in [7, 11) is 0. The molecule has 0 atom stereocenters. The molecule has 176 valence electrons. The Morgan fingerprint density at radius 2 is 1.62 bits per heavy atom. The Balaban J connectivity index is 1.96. The Morgan fingerprint density at radius 1 is 1.00 bits per heavy atom. The lowest BCUT2D eigenvalue weighted by molar-refractivity contribution is -0.132. The molecule has 1 aromatic heterocycles. The van der Waals surface area contributed by atoms with Gasteiger partial charge in [0.05, 0.1) is 0 Å². The fourth-order valence-electron chi connectivity index (χ4n) is 4.94. The number of pyridine rings is 1. The molecule has 2 aliphatic rings. The maximum Gasteiger partial charge on any atom is 0.263 e. The van der Waals surface area contributed by atoms with E-state index in [0.29, 0.717) is 12.5 Å². The molecule has 1 fully saturated rings. The maximum absolute atomic E-state index is 13.5. The lowest BCUT2D eigenvalue weighted by atomic mass is 9.88. The molecule has 3 amide bonds. The summed E-state index contributed by atoms with van der Waals surface area (Å²) in [5.74, 6) is -1.20. The SMILES string of the molecule is CC(=O)NC(=O)C(C)(C)NC(=O)c1cc2c(n(CC3CCCCC3)c1=O)CCCCCC2. The van der Waals surface area contributed by atoms with Gasteiger partial charge in [-0.1, -0.05) is 32.1 Å². The standard InChI is InChI=1S/C25H37N3O4/c1-17(29)26-24(32)25(2,3)27-22(30)20-15-19-13-9-4-5-10-14-21(19)28(23(20)31)16-18-11-7-6-8-12-18/h15,18H,4-14,16H2,1-3H3,(H,27,30)(H,26,29,32). The number of rotatable bonds is 5. The van der Waals surface area contributed by atoms with Crippen LogP contribution in [0.4, 0.5) is 0 Å². The van der Waals surface area contributed by atoms with Gasteiger partial charge in [0, 0.05) is 19.2 Å². The number of nitrogens with zero attached hydrogens (tertiary/aromatic N) is 1. The summed E-state index contributed by atoms with van der Waals surface area (Å²) in [5, 5.41) is 4.88. The van der Waals surface area contributed by atoms with Crippen LogP contribution in [-0.2, 0) is 29.0 Å². The van der Waals surface area contributed by atoms with Gasteiger partial charge in [0.15, 0.2) is 0 Å². The lowest BCUT2D eigenvalue weighted by Crippen LogP contribution is -2.56. The molecule has 1 aromatic rings. The van der Waals surface area contributed by atoms with Crippen LogP contribution in [0.2, 0.25) is 0 Å². The molecule has 0 bridgehead atoms. The van der Waals surface area contributed by atoms with Crippen molar-refractivity contribution in [1.82, 2.24) is 15.2 Å². The number of hydrogen-bond donors (Lipinski definition) is 2. The highest BCUT2D eigenvalue weighted by atomic mass is 16.2.